The third-order valence-electron chi connectivity index (χ3n) is 5.09. The fraction of sp³-hybridized carbons (Fsp3) is 0.364. The predicted molar refractivity (Wildman–Crippen MR) is 103 cm³/mol. The first-order valence-corrected chi connectivity index (χ1v) is 9.16. The van der Waals surface area contributed by atoms with Gasteiger partial charge in [0.05, 0.1) is 0 Å². The molecule has 0 unspecified atom stereocenters. The average Bonchev–Trinajstić information content (AvgIpc) is 2.61. The Morgan fingerprint density at radius 3 is 2.54 bits per heavy atom. The number of carboxylic acids is 1. The number of aryl methyl sites for hydroxylation is 1. The molecule has 3 rings (SSSR count). The molecule has 0 radical (unpaired) electrons. The molecule has 0 spiro atoms. The van der Waals surface area contributed by atoms with Crippen LogP contribution >= 0.6 is 0 Å². The van der Waals surface area contributed by atoms with E-state index < -0.39 is 5.97 Å². The standard InChI is InChI=1S/C22H25NO3/c1-15-11-12-20-19(13-15)18(17-7-4-3-5-8-17)14-16(2)23(20)21(24)9-6-10-22(25)26/h3-5,7-8,11-13,16,18H,6,9-10,14H2,1-2H3,(H,25,26)/t16-,18+/m0/s1. The number of benzene rings is 2. The van der Waals surface area contributed by atoms with Gasteiger partial charge in [-0.2, -0.15) is 0 Å². The molecule has 0 aliphatic carbocycles. The number of nitrogens with zero attached hydrogens (tertiary/aromatic N) is 1. The second-order valence-electron chi connectivity index (χ2n) is 7.12. The van der Waals surface area contributed by atoms with Crippen LogP contribution in [-0.2, 0) is 9.59 Å². The summed E-state index contributed by atoms with van der Waals surface area (Å²) in [5.74, 6) is -0.579. The largest absolute Gasteiger partial charge is 0.481 e. The number of fused-ring (bicyclic) bond motifs is 1. The Bertz CT molecular complexity index is 800. The molecule has 1 N–H and O–H groups in total. The van der Waals surface area contributed by atoms with Crippen LogP contribution in [0.1, 0.15) is 55.2 Å². The van der Waals surface area contributed by atoms with Gasteiger partial charge >= 0.3 is 5.97 Å². The van der Waals surface area contributed by atoms with Crippen molar-refractivity contribution in [2.75, 3.05) is 4.90 Å². The molecule has 2 aromatic carbocycles. The van der Waals surface area contributed by atoms with E-state index in [1.807, 2.05) is 23.1 Å². The maximum atomic E-state index is 12.8. The molecule has 26 heavy (non-hydrogen) atoms. The minimum absolute atomic E-state index is 0.00960. The van der Waals surface area contributed by atoms with Gasteiger partial charge in [0, 0.05) is 30.5 Å². The fourth-order valence-corrected chi connectivity index (χ4v) is 3.88. The van der Waals surface area contributed by atoms with Crippen molar-refractivity contribution in [3.63, 3.8) is 0 Å². The third kappa shape index (κ3) is 3.79. The van der Waals surface area contributed by atoms with E-state index in [0.29, 0.717) is 6.42 Å². The Kier molecular flexibility index (Phi) is 5.40. The molecule has 4 heteroatoms. The SMILES string of the molecule is Cc1ccc2c(c1)[C@@H](c1ccccc1)C[C@H](C)N2C(=O)CCCC(=O)O. The van der Waals surface area contributed by atoms with Crippen LogP contribution in [0.4, 0.5) is 5.69 Å². The lowest BCUT2D eigenvalue weighted by atomic mass is 9.80. The molecule has 1 aliphatic rings. The molecule has 4 nitrogen and oxygen atoms in total. The number of hydrogen-bond acceptors (Lipinski definition) is 2. The zero-order valence-electron chi connectivity index (χ0n) is 15.3. The van der Waals surface area contributed by atoms with Gasteiger partial charge in [0.25, 0.3) is 0 Å². The van der Waals surface area contributed by atoms with Crippen molar-refractivity contribution in [3.8, 4) is 0 Å². The number of hydrogen-bond donors (Lipinski definition) is 1. The highest BCUT2D eigenvalue weighted by atomic mass is 16.4. The van der Waals surface area contributed by atoms with Gasteiger partial charge in [-0.3, -0.25) is 9.59 Å². The zero-order valence-corrected chi connectivity index (χ0v) is 15.3. The topological polar surface area (TPSA) is 57.6 Å². The Morgan fingerprint density at radius 2 is 1.85 bits per heavy atom. The van der Waals surface area contributed by atoms with Crippen molar-refractivity contribution >= 4 is 17.6 Å². The molecule has 0 saturated carbocycles. The van der Waals surface area contributed by atoms with Crippen molar-refractivity contribution in [3.05, 3.63) is 65.2 Å². The van der Waals surface area contributed by atoms with E-state index in [1.54, 1.807) is 0 Å². The van der Waals surface area contributed by atoms with Crippen molar-refractivity contribution in [1.29, 1.82) is 0 Å². The number of carbonyl (C=O) groups excluding carboxylic acids is 1. The summed E-state index contributed by atoms with van der Waals surface area (Å²) in [4.78, 5) is 25.4. The summed E-state index contributed by atoms with van der Waals surface area (Å²) in [5, 5.41) is 8.81. The maximum absolute atomic E-state index is 12.8. The highest BCUT2D eigenvalue weighted by Gasteiger charge is 2.34. The smallest absolute Gasteiger partial charge is 0.303 e. The maximum Gasteiger partial charge on any atom is 0.303 e. The number of amides is 1. The van der Waals surface area contributed by atoms with Gasteiger partial charge in [0.2, 0.25) is 5.91 Å². The third-order valence-corrected chi connectivity index (χ3v) is 5.09. The average molecular weight is 351 g/mol. The van der Waals surface area contributed by atoms with Crippen LogP contribution in [0, 0.1) is 6.92 Å². The van der Waals surface area contributed by atoms with Crippen LogP contribution < -0.4 is 4.90 Å². The Labute approximate surface area is 154 Å². The molecule has 2 atom stereocenters. The van der Waals surface area contributed by atoms with Gasteiger partial charge in [-0.25, -0.2) is 0 Å². The van der Waals surface area contributed by atoms with Gasteiger partial charge in [0.15, 0.2) is 0 Å². The van der Waals surface area contributed by atoms with Crippen LogP contribution in [0.5, 0.6) is 0 Å². The van der Waals surface area contributed by atoms with Gasteiger partial charge in [-0.15, -0.1) is 0 Å². The van der Waals surface area contributed by atoms with E-state index in [9.17, 15) is 9.59 Å². The second kappa shape index (κ2) is 7.73. The predicted octanol–water partition coefficient (Wildman–Crippen LogP) is 4.51. The lowest BCUT2D eigenvalue weighted by molar-refractivity contribution is -0.137. The Morgan fingerprint density at radius 1 is 1.12 bits per heavy atom. The Balaban J connectivity index is 1.93. The monoisotopic (exact) mass is 351 g/mol. The van der Waals surface area contributed by atoms with Crippen molar-refractivity contribution in [2.45, 2.75) is 51.5 Å². The van der Waals surface area contributed by atoms with Crippen molar-refractivity contribution < 1.29 is 14.7 Å². The lowest BCUT2D eigenvalue weighted by Crippen LogP contribution is -2.43. The van der Waals surface area contributed by atoms with Crippen LogP contribution in [0.15, 0.2) is 48.5 Å². The van der Waals surface area contributed by atoms with Crippen LogP contribution in [0.3, 0.4) is 0 Å². The summed E-state index contributed by atoms with van der Waals surface area (Å²) in [7, 11) is 0. The van der Waals surface area contributed by atoms with E-state index >= 15 is 0 Å². The normalized spacial score (nSPS) is 19.1. The zero-order chi connectivity index (χ0) is 18.7. The van der Waals surface area contributed by atoms with Gasteiger partial charge in [-0.05, 0) is 43.9 Å². The number of carboxylic acid groups (broad SMARTS) is 1. The first-order valence-electron chi connectivity index (χ1n) is 9.16. The minimum Gasteiger partial charge on any atom is -0.481 e. The molecule has 0 aromatic heterocycles. The van der Waals surface area contributed by atoms with Crippen molar-refractivity contribution in [2.24, 2.45) is 0 Å². The lowest BCUT2D eigenvalue weighted by Gasteiger charge is -2.40. The summed E-state index contributed by atoms with van der Waals surface area (Å²) in [6.45, 7) is 4.15. The summed E-state index contributed by atoms with van der Waals surface area (Å²) >= 11 is 0. The van der Waals surface area contributed by atoms with Gasteiger partial charge in [-0.1, -0.05) is 48.0 Å². The summed E-state index contributed by atoms with van der Waals surface area (Å²) in [6, 6.07) is 16.7. The second-order valence-corrected chi connectivity index (χ2v) is 7.12. The van der Waals surface area contributed by atoms with Crippen LogP contribution in [0.25, 0.3) is 0 Å². The molecule has 1 aliphatic heterocycles. The molecular formula is C22H25NO3. The van der Waals surface area contributed by atoms with E-state index in [4.69, 9.17) is 5.11 Å². The van der Waals surface area contributed by atoms with Crippen LogP contribution in [0.2, 0.25) is 0 Å². The first kappa shape index (κ1) is 18.2. The summed E-state index contributed by atoms with van der Waals surface area (Å²) in [5.41, 5.74) is 4.59. The van der Waals surface area contributed by atoms with Gasteiger partial charge < -0.3 is 10.0 Å². The number of rotatable bonds is 5. The fourth-order valence-electron chi connectivity index (χ4n) is 3.88. The first-order chi connectivity index (χ1) is 12.5. The highest BCUT2D eigenvalue weighted by molar-refractivity contribution is 5.95. The van der Waals surface area contributed by atoms with Gasteiger partial charge in [0.1, 0.15) is 0 Å². The molecule has 1 amide bonds. The number of aliphatic carboxylic acids is 1. The molecule has 2 aromatic rings. The highest BCUT2D eigenvalue weighted by Crippen LogP contribution is 2.42. The van der Waals surface area contributed by atoms with E-state index in [1.165, 1.54) is 16.7 Å². The molecule has 0 bridgehead atoms. The summed E-state index contributed by atoms with van der Waals surface area (Å²) < 4.78 is 0. The van der Waals surface area contributed by atoms with E-state index in [0.717, 1.165) is 12.1 Å². The quantitative estimate of drug-likeness (QED) is 0.862. The molecular weight excluding hydrogens is 326 g/mol. The molecule has 0 fully saturated rings. The number of carbonyl (C=O) groups is 2. The number of anilines is 1. The van der Waals surface area contributed by atoms with Crippen LogP contribution in [-0.4, -0.2) is 23.0 Å². The molecule has 0 saturated heterocycles. The van der Waals surface area contributed by atoms with Crippen molar-refractivity contribution in [1.82, 2.24) is 0 Å². The molecule has 136 valence electrons. The Hall–Kier alpha value is -2.62. The summed E-state index contributed by atoms with van der Waals surface area (Å²) in [6.07, 6.45) is 1.53. The van der Waals surface area contributed by atoms with E-state index in [-0.39, 0.29) is 30.7 Å². The minimum atomic E-state index is -0.857. The van der Waals surface area contributed by atoms with E-state index in [2.05, 4.69) is 44.2 Å². The molecule has 1 heterocycles.